The first-order valence-electron chi connectivity index (χ1n) is 10.2. The van der Waals surface area contributed by atoms with Crippen molar-refractivity contribution in [2.75, 3.05) is 48.3 Å². The minimum absolute atomic E-state index is 0.0678. The first-order chi connectivity index (χ1) is 16.6. The van der Waals surface area contributed by atoms with E-state index in [1.807, 2.05) is 25.1 Å². The third kappa shape index (κ3) is 6.04. The van der Waals surface area contributed by atoms with E-state index in [-0.39, 0.29) is 20.4 Å². The average Bonchev–Trinajstić information content (AvgIpc) is 2.84. The van der Waals surface area contributed by atoms with Crippen LogP contribution in [0, 0.1) is 11.6 Å². The molecule has 1 heterocycles. The van der Waals surface area contributed by atoms with Crippen molar-refractivity contribution in [1.29, 1.82) is 0 Å². The van der Waals surface area contributed by atoms with Crippen LogP contribution in [0.3, 0.4) is 0 Å². The molecule has 0 aliphatic rings. The van der Waals surface area contributed by atoms with Crippen molar-refractivity contribution in [3.05, 3.63) is 65.3 Å². The van der Waals surface area contributed by atoms with Crippen molar-refractivity contribution in [3.63, 3.8) is 0 Å². The SMILES string of the molecule is CNCCN(C)c1cc(OC)ccc1Nc1cc(F)c(S(=O)(=O)N(Cl)c2ccc(F)cn2)cc1Cl. The van der Waals surface area contributed by atoms with Crippen LogP contribution in [-0.4, -0.2) is 47.7 Å². The molecule has 1 aromatic heterocycles. The largest absolute Gasteiger partial charge is 0.497 e. The number of aromatic nitrogens is 1. The second kappa shape index (κ2) is 11.3. The zero-order valence-corrected chi connectivity index (χ0v) is 21.3. The Hall–Kier alpha value is -2.86. The summed E-state index contributed by atoms with van der Waals surface area (Å²) in [6, 6.07) is 9.20. The Kier molecular flexibility index (Phi) is 8.60. The molecule has 0 fully saturated rings. The molecule has 0 saturated carbocycles. The molecule has 0 aliphatic heterocycles. The first kappa shape index (κ1) is 26.7. The second-order valence-electron chi connectivity index (χ2n) is 7.35. The van der Waals surface area contributed by atoms with Crippen LogP contribution < -0.4 is 24.1 Å². The molecule has 0 saturated heterocycles. The van der Waals surface area contributed by atoms with Crippen LogP contribution in [0.25, 0.3) is 0 Å². The third-order valence-electron chi connectivity index (χ3n) is 4.99. The Morgan fingerprint density at radius 3 is 2.49 bits per heavy atom. The van der Waals surface area contributed by atoms with Crippen molar-refractivity contribution in [2.24, 2.45) is 0 Å². The summed E-state index contributed by atoms with van der Waals surface area (Å²) in [7, 11) is 0.676. The molecule has 2 aromatic carbocycles. The maximum absolute atomic E-state index is 15.0. The molecule has 188 valence electrons. The van der Waals surface area contributed by atoms with E-state index in [1.54, 1.807) is 19.2 Å². The van der Waals surface area contributed by atoms with E-state index in [1.165, 1.54) is 0 Å². The van der Waals surface area contributed by atoms with Crippen molar-refractivity contribution >= 4 is 56.3 Å². The van der Waals surface area contributed by atoms with Crippen LogP contribution in [0.5, 0.6) is 5.75 Å². The minimum Gasteiger partial charge on any atom is -0.497 e. The fourth-order valence-electron chi connectivity index (χ4n) is 3.11. The van der Waals surface area contributed by atoms with Crippen LogP contribution in [-0.2, 0) is 10.0 Å². The van der Waals surface area contributed by atoms with Gasteiger partial charge in [0, 0.05) is 44.0 Å². The third-order valence-corrected chi connectivity index (χ3v) is 7.49. The van der Waals surface area contributed by atoms with Gasteiger partial charge >= 0.3 is 0 Å². The normalized spacial score (nSPS) is 11.3. The molecular weight excluding hydrogens is 523 g/mol. The molecular formula is C22H23Cl2F2N5O3S. The topological polar surface area (TPSA) is 86.8 Å². The van der Waals surface area contributed by atoms with Gasteiger partial charge in [0.25, 0.3) is 10.0 Å². The van der Waals surface area contributed by atoms with Gasteiger partial charge in [-0.25, -0.2) is 13.8 Å². The second-order valence-corrected chi connectivity index (χ2v) is 10.1. The van der Waals surface area contributed by atoms with E-state index in [2.05, 4.69) is 15.6 Å². The van der Waals surface area contributed by atoms with E-state index in [9.17, 15) is 12.8 Å². The van der Waals surface area contributed by atoms with E-state index in [4.69, 9.17) is 28.1 Å². The summed E-state index contributed by atoms with van der Waals surface area (Å²) in [4.78, 5) is 4.81. The van der Waals surface area contributed by atoms with Gasteiger partial charge in [-0.2, -0.15) is 12.2 Å². The number of nitrogens with zero attached hydrogens (tertiary/aromatic N) is 3. The Morgan fingerprint density at radius 2 is 1.86 bits per heavy atom. The van der Waals surface area contributed by atoms with Gasteiger partial charge in [-0.05, 0) is 37.4 Å². The lowest BCUT2D eigenvalue weighted by Gasteiger charge is -2.24. The predicted octanol–water partition coefficient (Wildman–Crippen LogP) is 4.77. The van der Waals surface area contributed by atoms with Crippen molar-refractivity contribution in [3.8, 4) is 5.75 Å². The monoisotopic (exact) mass is 545 g/mol. The summed E-state index contributed by atoms with van der Waals surface area (Å²) in [6.07, 6.45) is 0.788. The van der Waals surface area contributed by atoms with Gasteiger partial charge in [-0.15, -0.1) is 0 Å². The molecule has 2 N–H and O–H groups in total. The highest BCUT2D eigenvalue weighted by Crippen LogP contribution is 2.37. The summed E-state index contributed by atoms with van der Waals surface area (Å²) in [6.45, 7) is 1.38. The highest BCUT2D eigenvalue weighted by molar-refractivity contribution is 7.94. The molecule has 13 heteroatoms. The lowest BCUT2D eigenvalue weighted by Crippen LogP contribution is -2.27. The quantitative estimate of drug-likeness (QED) is 0.355. The number of hydrogen-bond acceptors (Lipinski definition) is 7. The van der Waals surface area contributed by atoms with Gasteiger partial charge in [0.15, 0.2) is 5.82 Å². The summed E-state index contributed by atoms with van der Waals surface area (Å²) >= 11 is 12.3. The number of anilines is 4. The molecule has 0 unspecified atom stereocenters. The van der Waals surface area contributed by atoms with Crippen LogP contribution in [0.1, 0.15) is 0 Å². The van der Waals surface area contributed by atoms with Crippen LogP contribution >= 0.6 is 23.4 Å². The van der Waals surface area contributed by atoms with Crippen molar-refractivity contribution < 1.29 is 21.9 Å². The number of nitrogens with one attached hydrogen (secondary N) is 2. The molecule has 0 bridgehead atoms. The Bertz CT molecular complexity index is 1300. The number of ether oxygens (including phenoxy) is 1. The molecule has 0 atom stereocenters. The number of likely N-dealkylation sites (N-methyl/N-ethyl adjacent to an activating group) is 2. The Balaban J connectivity index is 1.95. The molecule has 0 spiro atoms. The Labute approximate surface area is 212 Å². The number of halogens is 4. The van der Waals surface area contributed by atoms with Gasteiger partial charge < -0.3 is 20.3 Å². The Morgan fingerprint density at radius 1 is 1.11 bits per heavy atom. The van der Waals surface area contributed by atoms with Gasteiger partial charge in [0.1, 0.15) is 22.3 Å². The van der Waals surface area contributed by atoms with Crippen molar-refractivity contribution in [2.45, 2.75) is 4.90 Å². The first-order valence-corrected chi connectivity index (χ1v) is 12.4. The molecule has 35 heavy (non-hydrogen) atoms. The molecule has 3 rings (SSSR count). The zero-order chi connectivity index (χ0) is 25.8. The number of pyridine rings is 1. The van der Waals surface area contributed by atoms with Gasteiger partial charge in [0.2, 0.25) is 0 Å². The van der Waals surface area contributed by atoms with Crippen LogP contribution in [0.2, 0.25) is 5.02 Å². The molecule has 0 radical (unpaired) electrons. The number of rotatable bonds is 10. The highest BCUT2D eigenvalue weighted by Gasteiger charge is 2.29. The van der Waals surface area contributed by atoms with Crippen molar-refractivity contribution in [1.82, 2.24) is 10.3 Å². The number of benzene rings is 2. The number of hydrogen-bond donors (Lipinski definition) is 2. The summed E-state index contributed by atoms with van der Waals surface area (Å²) < 4.78 is 59.5. The highest BCUT2D eigenvalue weighted by atomic mass is 35.5. The molecule has 0 amide bonds. The van der Waals surface area contributed by atoms with E-state index in [0.717, 1.165) is 36.1 Å². The molecule has 3 aromatic rings. The summed E-state index contributed by atoms with van der Waals surface area (Å²) in [5, 5.41) is 6.05. The van der Waals surface area contributed by atoms with E-state index in [0.29, 0.717) is 24.5 Å². The summed E-state index contributed by atoms with van der Waals surface area (Å²) in [5.41, 5.74) is 1.48. The van der Waals surface area contributed by atoms with Gasteiger partial charge in [-0.1, -0.05) is 11.6 Å². The number of methoxy groups -OCH3 is 1. The maximum Gasteiger partial charge on any atom is 0.282 e. The standard InChI is InChI=1S/C22H23Cl2F2N5O3S/c1-27-8-9-30(2)20-10-15(34-3)5-6-18(20)29-19-12-17(26)21(11-16(19)23)35(32,33)31(24)22-7-4-14(25)13-28-22/h4-7,10-13,27,29H,8-9H2,1-3H3. The van der Waals surface area contributed by atoms with Gasteiger partial charge in [0.05, 0.1) is 35.4 Å². The van der Waals surface area contributed by atoms with E-state index < -0.39 is 26.6 Å². The zero-order valence-electron chi connectivity index (χ0n) is 19.0. The number of sulfonamides is 1. The maximum atomic E-state index is 15.0. The fourth-order valence-corrected chi connectivity index (χ4v) is 4.81. The lowest BCUT2D eigenvalue weighted by molar-refractivity contribution is 0.415. The van der Waals surface area contributed by atoms with Gasteiger partial charge in [-0.3, -0.25) is 0 Å². The lowest BCUT2D eigenvalue weighted by atomic mass is 10.2. The predicted molar refractivity (Wildman–Crippen MR) is 135 cm³/mol. The smallest absolute Gasteiger partial charge is 0.282 e. The van der Waals surface area contributed by atoms with Crippen LogP contribution in [0.4, 0.5) is 31.7 Å². The summed E-state index contributed by atoms with van der Waals surface area (Å²) in [5.74, 6) is -1.46. The fraction of sp³-hybridized carbons (Fsp3) is 0.227. The van der Waals surface area contributed by atoms with Crippen LogP contribution in [0.15, 0.2) is 53.6 Å². The van der Waals surface area contributed by atoms with E-state index >= 15 is 4.39 Å². The molecule has 8 nitrogen and oxygen atoms in total. The average molecular weight is 546 g/mol. The molecule has 0 aliphatic carbocycles. The minimum atomic E-state index is -4.59.